The molecule has 2 heterocycles. The van der Waals surface area contributed by atoms with Crippen LogP contribution in [-0.4, -0.2) is 34.0 Å². The summed E-state index contributed by atoms with van der Waals surface area (Å²) in [4.78, 5) is 19.8. The number of aromatic nitrogens is 2. The molecule has 1 N–H and O–H groups in total. The van der Waals surface area contributed by atoms with Crippen molar-refractivity contribution in [3.63, 3.8) is 0 Å². The van der Waals surface area contributed by atoms with Crippen LogP contribution in [0.15, 0.2) is 53.1 Å². The van der Waals surface area contributed by atoms with Crippen molar-refractivity contribution in [2.75, 3.05) is 13.1 Å². The van der Waals surface area contributed by atoms with Gasteiger partial charge in [0.2, 0.25) is 17.6 Å². The van der Waals surface area contributed by atoms with E-state index in [1.807, 2.05) is 31.2 Å². The molecule has 1 saturated heterocycles. The zero-order chi connectivity index (χ0) is 22.5. The summed E-state index contributed by atoms with van der Waals surface area (Å²) in [6.45, 7) is 8.55. The minimum absolute atomic E-state index is 0.0518. The van der Waals surface area contributed by atoms with Crippen LogP contribution in [0.5, 0.6) is 0 Å². The van der Waals surface area contributed by atoms with Gasteiger partial charge in [0.1, 0.15) is 0 Å². The second-order valence-electron chi connectivity index (χ2n) is 8.76. The first-order valence-corrected chi connectivity index (χ1v) is 11.5. The molecule has 1 aromatic heterocycles. The fourth-order valence-corrected chi connectivity index (χ4v) is 4.31. The number of piperidine rings is 1. The zero-order valence-electron chi connectivity index (χ0n) is 19.2. The van der Waals surface area contributed by atoms with Crippen molar-refractivity contribution in [3.8, 4) is 11.4 Å². The van der Waals surface area contributed by atoms with E-state index in [4.69, 9.17) is 4.52 Å². The third kappa shape index (κ3) is 5.25. The molecule has 0 bridgehead atoms. The molecule has 1 aliphatic heterocycles. The molecule has 0 aliphatic carbocycles. The van der Waals surface area contributed by atoms with Crippen molar-refractivity contribution in [1.29, 1.82) is 0 Å². The van der Waals surface area contributed by atoms with Crippen LogP contribution in [-0.2, 0) is 11.3 Å². The molecule has 1 unspecified atom stereocenters. The normalized spacial score (nSPS) is 16.1. The van der Waals surface area contributed by atoms with Crippen LogP contribution in [0.4, 0.5) is 0 Å². The van der Waals surface area contributed by atoms with Crippen LogP contribution in [0.1, 0.15) is 54.8 Å². The van der Waals surface area contributed by atoms with E-state index >= 15 is 0 Å². The van der Waals surface area contributed by atoms with Crippen LogP contribution in [0, 0.1) is 19.8 Å². The van der Waals surface area contributed by atoms with E-state index < -0.39 is 0 Å². The Balaban J connectivity index is 1.29. The Morgan fingerprint density at radius 3 is 2.53 bits per heavy atom. The van der Waals surface area contributed by atoms with Gasteiger partial charge in [0.15, 0.2) is 0 Å². The minimum Gasteiger partial charge on any atom is -0.349 e. The van der Waals surface area contributed by atoms with Gasteiger partial charge in [0.25, 0.3) is 0 Å². The number of amides is 1. The van der Waals surface area contributed by atoms with E-state index in [1.165, 1.54) is 11.1 Å². The number of hydrogen-bond acceptors (Lipinski definition) is 5. The Morgan fingerprint density at radius 2 is 1.84 bits per heavy atom. The van der Waals surface area contributed by atoms with Gasteiger partial charge in [-0.25, -0.2) is 0 Å². The molecule has 0 saturated carbocycles. The fourth-order valence-electron chi connectivity index (χ4n) is 4.31. The second kappa shape index (κ2) is 10.1. The number of hydrogen-bond donors (Lipinski definition) is 1. The van der Waals surface area contributed by atoms with Crippen molar-refractivity contribution in [3.05, 3.63) is 71.1 Å². The predicted molar refractivity (Wildman–Crippen MR) is 125 cm³/mol. The number of nitrogens with one attached hydrogen (secondary N) is 1. The molecule has 6 nitrogen and oxygen atoms in total. The van der Waals surface area contributed by atoms with Gasteiger partial charge < -0.3 is 9.84 Å². The first-order chi connectivity index (χ1) is 15.5. The van der Waals surface area contributed by atoms with Crippen molar-refractivity contribution in [2.45, 2.75) is 52.6 Å². The zero-order valence-corrected chi connectivity index (χ0v) is 19.2. The molecule has 1 fully saturated rings. The summed E-state index contributed by atoms with van der Waals surface area (Å²) < 4.78 is 5.49. The van der Waals surface area contributed by atoms with Crippen LogP contribution in [0.25, 0.3) is 11.4 Å². The van der Waals surface area contributed by atoms with Gasteiger partial charge >= 0.3 is 0 Å². The molecule has 1 aliphatic rings. The van der Waals surface area contributed by atoms with E-state index in [0.29, 0.717) is 18.3 Å². The average Bonchev–Trinajstić information content (AvgIpc) is 3.27. The fraction of sp³-hybridized carbons (Fsp3) is 0.423. The van der Waals surface area contributed by atoms with Crippen molar-refractivity contribution >= 4 is 5.91 Å². The summed E-state index contributed by atoms with van der Waals surface area (Å²) in [5.74, 6) is 1.47. The highest BCUT2D eigenvalue weighted by molar-refractivity contribution is 5.79. The smallest absolute Gasteiger partial charge is 0.241 e. The lowest BCUT2D eigenvalue weighted by atomic mass is 9.94. The summed E-state index contributed by atoms with van der Waals surface area (Å²) in [5, 5.41) is 7.42. The molecular formula is C26H32N4O2. The summed E-state index contributed by atoms with van der Waals surface area (Å²) in [7, 11) is 0. The van der Waals surface area contributed by atoms with Gasteiger partial charge in [0, 0.05) is 11.5 Å². The first kappa shape index (κ1) is 22.2. The molecular weight excluding hydrogens is 400 g/mol. The lowest BCUT2D eigenvalue weighted by Gasteiger charge is -2.31. The topological polar surface area (TPSA) is 71.3 Å². The number of rotatable bonds is 7. The van der Waals surface area contributed by atoms with E-state index in [2.05, 4.69) is 58.5 Å². The van der Waals surface area contributed by atoms with E-state index in [-0.39, 0.29) is 17.9 Å². The first-order valence-electron chi connectivity index (χ1n) is 11.5. The molecule has 2 aromatic carbocycles. The van der Waals surface area contributed by atoms with Gasteiger partial charge in [-0.1, -0.05) is 66.2 Å². The number of aryl methyl sites for hydroxylation is 2. The van der Waals surface area contributed by atoms with Gasteiger partial charge in [-0.05, 0) is 57.3 Å². The quantitative estimate of drug-likeness (QED) is 0.579. The third-order valence-electron chi connectivity index (χ3n) is 6.38. The van der Waals surface area contributed by atoms with Crippen LogP contribution < -0.4 is 5.32 Å². The monoisotopic (exact) mass is 432 g/mol. The predicted octanol–water partition coefficient (Wildman–Crippen LogP) is 4.83. The van der Waals surface area contributed by atoms with Gasteiger partial charge in [-0.3, -0.25) is 9.69 Å². The van der Waals surface area contributed by atoms with Crippen LogP contribution >= 0.6 is 0 Å². The Labute approximate surface area is 190 Å². The molecule has 1 amide bonds. The Kier molecular flexibility index (Phi) is 7.00. The standard InChI is InChI=1S/C26H32N4O2/c1-4-23(20-11-9-18(2)10-12-20)27-26(31)21-13-15-30(16-14-21)17-24-28-25(29-32-24)22-8-6-5-7-19(22)3/h5-12,21,23H,4,13-17H2,1-3H3,(H,27,31). The van der Waals surface area contributed by atoms with E-state index in [1.54, 1.807) is 0 Å². The summed E-state index contributed by atoms with van der Waals surface area (Å²) >= 11 is 0. The van der Waals surface area contributed by atoms with Crippen LogP contribution in [0.3, 0.4) is 0 Å². The molecule has 32 heavy (non-hydrogen) atoms. The highest BCUT2D eigenvalue weighted by Gasteiger charge is 2.27. The summed E-state index contributed by atoms with van der Waals surface area (Å²) in [5.41, 5.74) is 4.53. The number of benzene rings is 2. The SMILES string of the molecule is CCC(NC(=O)C1CCN(Cc2nc(-c3ccccc3C)no2)CC1)c1ccc(C)cc1. The van der Waals surface area contributed by atoms with Crippen molar-refractivity contribution in [2.24, 2.45) is 5.92 Å². The lowest BCUT2D eigenvalue weighted by Crippen LogP contribution is -2.41. The molecule has 0 radical (unpaired) electrons. The number of likely N-dealkylation sites (tertiary alicyclic amines) is 1. The summed E-state index contributed by atoms with van der Waals surface area (Å²) in [6, 6.07) is 16.5. The lowest BCUT2D eigenvalue weighted by molar-refractivity contribution is -0.127. The highest BCUT2D eigenvalue weighted by Crippen LogP contribution is 2.24. The number of nitrogens with zero attached hydrogens (tertiary/aromatic N) is 3. The van der Waals surface area contributed by atoms with Gasteiger partial charge in [-0.15, -0.1) is 0 Å². The van der Waals surface area contributed by atoms with Crippen LogP contribution in [0.2, 0.25) is 0 Å². The summed E-state index contributed by atoms with van der Waals surface area (Å²) in [6.07, 6.45) is 2.57. The largest absolute Gasteiger partial charge is 0.349 e. The third-order valence-corrected chi connectivity index (χ3v) is 6.38. The second-order valence-corrected chi connectivity index (χ2v) is 8.76. The molecule has 0 spiro atoms. The molecule has 3 aromatic rings. The molecule has 1 atom stereocenters. The van der Waals surface area contributed by atoms with Crippen molar-refractivity contribution < 1.29 is 9.32 Å². The molecule has 4 rings (SSSR count). The maximum atomic E-state index is 12.9. The number of carbonyl (C=O) groups is 1. The van der Waals surface area contributed by atoms with E-state index in [0.717, 1.165) is 43.5 Å². The number of carbonyl (C=O) groups excluding carboxylic acids is 1. The van der Waals surface area contributed by atoms with Crippen molar-refractivity contribution in [1.82, 2.24) is 20.4 Å². The van der Waals surface area contributed by atoms with E-state index in [9.17, 15) is 4.79 Å². The van der Waals surface area contributed by atoms with Gasteiger partial charge in [0.05, 0.1) is 12.6 Å². The Morgan fingerprint density at radius 1 is 1.12 bits per heavy atom. The minimum atomic E-state index is 0.0518. The molecule has 6 heteroatoms. The Bertz CT molecular complexity index is 1040. The Hall–Kier alpha value is -2.99. The van der Waals surface area contributed by atoms with Gasteiger partial charge in [-0.2, -0.15) is 4.98 Å². The maximum Gasteiger partial charge on any atom is 0.241 e. The maximum absolute atomic E-state index is 12.9. The highest BCUT2D eigenvalue weighted by atomic mass is 16.5. The average molecular weight is 433 g/mol. The molecule has 168 valence electrons.